The number of hydrogen-bond acceptors (Lipinski definition) is 3. The van der Waals surface area contributed by atoms with Crippen molar-refractivity contribution >= 4 is 29.0 Å². The van der Waals surface area contributed by atoms with E-state index < -0.39 is 11.7 Å². The molecule has 0 N–H and O–H groups in total. The summed E-state index contributed by atoms with van der Waals surface area (Å²) in [6.07, 6.45) is 0. The molecule has 0 unspecified atom stereocenters. The van der Waals surface area contributed by atoms with Gasteiger partial charge in [0.1, 0.15) is 0 Å². The Morgan fingerprint density at radius 1 is 1.25 bits per heavy atom. The van der Waals surface area contributed by atoms with Gasteiger partial charge in [0.25, 0.3) is 11.7 Å². The van der Waals surface area contributed by atoms with Gasteiger partial charge in [0.2, 0.25) is 0 Å². The Morgan fingerprint density at radius 3 is 2.65 bits per heavy atom. The van der Waals surface area contributed by atoms with Crippen LogP contribution in [0.1, 0.15) is 21.7 Å². The third-order valence-electron chi connectivity index (χ3n) is 3.35. The van der Waals surface area contributed by atoms with Crippen molar-refractivity contribution in [1.82, 2.24) is 9.78 Å². The van der Waals surface area contributed by atoms with Crippen molar-refractivity contribution in [2.24, 2.45) is 7.05 Å². The van der Waals surface area contributed by atoms with Crippen molar-refractivity contribution in [3.8, 4) is 0 Å². The highest BCUT2D eigenvalue weighted by Crippen LogP contribution is 2.32. The lowest BCUT2D eigenvalue weighted by atomic mass is 10.1. The molecule has 0 saturated heterocycles. The molecule has 0 bridgehead atoms. The molecule has 3 rings (SSSR count). The third-order valence-corrected chi connectivity index (χ3v) is 3.59. The molecular formula is C14H12ClN3O2. The maximum absolute atomic E-state index is 12.1. The lowest BCUT2D eigenvalue weighted by Crippen LogP contribution is -2.30. The van der Waals surface area contributed by atoms with E-state index in [4.69, 9.17) is 11.6 Å². The van der Waals surface area contributed by atoms with E-state index in [1.54, 1.807) is 22.9 Å². The zero-order valence-electron chi connectivity index (χ0n) is 11.1. The third kappa shape index (κ3) is 1.91. The van der Waals surface area contributed by atoms with Crippen LogP contribution in [0.2, 0.25) is 5.02 Å². The molecule has 2 aromatic rings. The van der Waals surface area contributed by atoms with E-state index in [2.05, 4.69) is 5.10 Å². The minimum atomic E-state index is -0.527. The molecule has 20 heavy (non-hydrogen) atoms. The van der Waals surface area contributed by atoms with E-state index >= 15 is 0 Å². The van der Waals surface area contributed by atoms with Gasteiger partial charge in [-0.2, -0.15) is 5.10 Å². The Balaban J connectivity index is 2.03. The van der Waals surface area contributed by atoms with E-state index in [1.807, 2.05) is 20.0 Å². The summed E-state index contributed by atoms with van der Waals surface area (Å²) >= 11 is 5.96. The van der Waals surface area contributed by atoms with Gasteiger partial charge in [-0.1, -0.05) is 11.6 Å². The number of Topliss-reactive ketones (excluding diaryl/α,β-unsaturated/α-hetero) is 1. The average molecular weight is 290 g/mol. The summed E-state index contributed by atoms with van der Waals surface area (Å²) in [5.41, 5.74) is 2.69. The predicted molar refractivity (Wildman–Crippen MR) is 74.9 cm³/mol. The lowest BCUT2D eigenvalue weighted by molar-refractivity contribution is -0.114. The molecule has 0 radical (unpaired) electrons. The number of aromatic nitrogens is 2. The van der Waals surface area contributed by atoms with Crippen LogP contribution >= 0.6 is 11.6 Å². The average Bonchev–Trinajstić information content (AvgIpc) is 2.82. The van der Waals surface area contributed by atoms with Crippen molar-refractivity contribution in [2.45, 2.75) is 13.5 Å². The molecule has 0 atom stereocenters. The van der Waals surface area contributed by atoms with Gasteiger partial charge in [0, 0.05) is 12.1 Å². The largest absolute Gasteiger partial charge is 0.299 e. The van der Waals surface area contributed by atoms with Crippen LogP contribution in [0.25, 0.3) is 0 Å². The first-order chi connectivity index (χ1) is 9.47. The smallest absolute Gasteiger partial charge is 0.299 e. The number of fused-ring (bicyclic) bond motifs is 1. The van der Waals surface area contributed by atoms with E-state index in [-0.39, 0.29) is 0 Å². The Kier molecular flexibility index (Phi) is 2.87. The number of rotatable bonds is 2. The van der Waals surface area contributed by atoms with Gasteiger partial charge in [-0.05, 0) is 31.2 Å². The van der Waals surface area contributed by atoms with Crippen LogP contribution < -0.4 is 4.90 Å². The molecule has 1 aliphatic heterocycles. The molecule has 6 heteroatoms. The van der Waals surface area contributed by atoms with Gasteiger partial charge in [-0.15, -0.1) is 0 Å². The number of nitrogens with zero attached hydrogens (tertiary/aromatic N) is 3. The van der Waals surface area contributed by atoms with Gasteiger partial charge in [0.05, 0.1) is 29.2 Å². The highest BCUT2D eigenvalue weighted by Gasteiger charge is 2.36. The van der Waals surface area contributed by atoms with Crippen molar-refractivity contribution in [3.63, 3.8) is 0 Å². The highest BCUT2D eigenvalue weighted by molar-refractivity contribution is 6.52. The summed E-state index contributed by atoms with van der Waals surface area (Å²) in [7, 11) is 1.81. The molecule has 0 fully saturated rings. The summed E-state index contributed by atoms with van der Waals surface area (Å²) in [6.45, 7) is 2.18. The van der Waals surface area contributed by atoms with Crippen molar-refractivity contribution in [3.05, 3.63) is 46.2 Å². The standard InChI is InChI=1S/C14H12ClN3O2/c1-8-5-10(17(2)16-8)7-18-12-6-9(15)3-4-11(12)13(19)14(18)20/h3-6H,7H2,1-2H3. The monoisotopic (exact) mass is 289 g/mol. The Morgan fingerprint density at radius 2 is 2.00 bits per heavy atom. The fourth-order valence-electron chi connectivity index (χ4n) is 2.40. The van der Waals surface area contributed by atoms with E-state index in [9.17, 15) is 9.59 Å². The minimum Gasteiger partial charge on any atom is -0.299 e. The van der Waals surface area contributed by atoms with E-state index in [0.717, 1.165) is 11.4 Å². The van der Waals surface area contributed by atoms with Crippen LogP contribution in [0.3, 0.4) is 0 Å². The number of halogens is 1. The van der Waals surface area contributed by atoms with Gasteiger partial charge in [-0.3, -0.25) is 19.2 Å². The zero-order valence-corrected chi connectivity index (χ0v) is 11.8. The van der Waals surface area contributed by atoms with E-state index in [1.165, 1.54) is 4.90 Å². The Bertz CT molecular complexity index is 736. The molecule has 1 aromatic heterocycles. The summed E-state index contributed by atoms with van der Waals surface area (Å²) in [5.74, 6) is -1.02. The number of aryl methyl sites for hydroxylation is 2. The van der Waals surface area contributed by atoms with Crippen molar-refractivity contribution < 1.29 is 9.59 Å². The normalized spacial score (nSPS) is 14.1. The fourth-order valence-corrected chi connectivity index (χ4v) is 2.56. The van der Waals surface area contributed by atoms with Gasteiger partial charge >= 0.3 is 0 Å². The summed E-state index contributed by atoms with van der Waals surface area (Å²) in [6, 6.07) is 6.74. The van der Waals surface area contributed by atoms with E-state index in [0.29, 0.717) is 22.8 Å². The predicted octanol–water partition coefficient (Wildman–Crippen LogP) is 2.11. The van der Waals surface area contributed by atoms with Crippen molar-refractivity contribution in [1.29, 1.82) is 0 Å². The number of carbonyl (C=O) groups is 2. The minimum absolute atomic E-state index is 0.301. The molecule has 1 aliphatic rings. The first kappa shape index (κ1) is 12.9. The number of hydrogen-bond donors (Lipinski definition) is 0. The van der Waals surface area contributed by atoms with Crippen LogP contribution in [-0.2, 0) is 18.4 Å². The molecule has 5 nitrogen and oxygen atoms in total. The van der Waals surface area contributed by atoms with Gasteiger partial charge in [0.15, 0.2) is 0 Å². The molecule has 2 heterocycles. The second-order valence-corrected chi connectivity index (χ2v) is 5.22. The molecule has 1 aromatic carbocycles. The Hall–Kier alpha value is -2.14. The SMILES string of the molecule is Cc1cc(CN2C(=O)C(=O)c3ccc(Cl)cc32)n(C)n1. The van der Waals surface area contributed by atoms with Gasteiger partial charge < -0.3 is 0 Å². The molecule has 0 aliphatic carbocycles. The van der Waals surface area contributed by atoms with Crippen LogP contribution in [0.5, 0.6) is 0 Å². The Labute approximate surface area is 120 Å². The molecule has 102 valence electrons. The lowest BCUT2D eigenvalue weighted by Gasteiger charge is -2.16. The first-order valence-electron chi connectivity index (χ1n) is 6.12. The molecular weight excluding hydrogens is 278 g/mol. The number of amides is 1. The van der Waals surface area contributed by atoms with Gasteiger partial charge in [-0.25, -0.2) is 0 Å². The molecule has 1 amide bonds. The first-order valence-corrected chi connectivity index (χ1v) is 6.50. The van der Waals surface area contributed by atoms with Crippen LogP contribution in [-0.4, -0.2) is 21.5 Å². The number of ketones is 1. The van der Waals surface area contributed by atoms with Crippen LogP contribution in [0.15, 0.2) is 24.3 Å². The topological polar surface area (TPSA) is 55.2 Å². The second kappa shape index (κ2) is 4.45. The number of carbonyl (C=O) groups excluding carboxylic acids is 2. The maximum atomic E-state index is 12.1. The molecule has 0 saturated carbocycles. The number of benzene rings is 1. The van der Waals surface area contributed by atoms with Crippen LogP contribution in [0, 0.1) is 6.92 Å². The van der Waals surface area contributed by atoms with Crippen molar-refractivity contribution in [2.75, 3.05) is 4.90 Å². The fraction of sp³-hybridized carbons (Fsp3) is 0.214. The zero-order chi connectivity index (χ0) is 14.4. The highest BCUT2D eigenvalue weighted by atomic mass is 35.5. The quantitative estimate of drug-likeness (QED) is 0.796. The summed E-state index contributed by atoms with van der Waals surface area (Å²) < 4.78 is 1.70. The summed E-state index contributed by atoms with van der Waals surface area (Å²) in [4.78, 5) is 25.5. The molecule has 0 spiro atoms. The summed E-state index contributed by atoms with van der Waals surface area (Å²) in [5, 5.41) is 4.74. The van der Waals surface area contributed by atoms with Crippen LogP contribution in [0.4, 0.5) is 5.69 Å². The second-order valence-electron chi connectivity index (χ2n) is 4.78. The number of anilines is 1. The maximum Gasteiger partial charge on any atom is 0.299 e.